The standard InChI is InChI=1S/C31H33N5O5/c1-40-31(39)24-15-13-23(14-16-24)29(30(38)32-20-25-10-7-19-41-25)35(18-17-22-8-3-2-4-9-22)28(37)21-36-27-12-6-5-11-26(27)33-34-36/h2-6,8-9,11-16,25,29H,7,10,17-21H2,1H3,(H,32,38)/t25-,29+/m1/s1. The second kappa shape index (κ2) is 13.2. The molecule has 0 unspecified atom stereocenters. The lowest BCUT2D eigenvalue weighted by Crippen LogP contribution is -2.47. The monoisotopic (exact) mass is 555 g/mol. The molecule has 0 spiro atoms. The quantitative estimate of drug-likeness (QED) is 0.282. The molecule has 0 bridgehead atoms. The van der Waals surface area contributed by atoms with E-state index in [4.69, 9.17) is 9.47 Å². The normalized spacial score (nSPS) is 15.4. The van der Waals surface area contributed by atoms with Gasteiger partial charge in [0.05, 0.1) is 24.3 Å². The van der Waals surface area contributed by atoms with Crippen LogP contribution in [0.3, 0.4) is 0 Å². The van der Waals surface area contributed by atoms with Gasteiger partial charge in [-0.15, -0.1) is 5.10 Å². The molecular formula is C31H33N5O5. The Morgan fingerprint density at radius 3 is 2.54 bits per heavy atom. The highest BCUT2D eigenvalue weighted by Gasteiger charge is 2.32. The average Bonchev–Trinajstić information content (AvgIpc) is 3.69. The first-order valence-corrected chi connectivity index (χ1v) is 13.7. The van der Waals surface area contributed by atoms with Crippen LogP contribution in [-0.2, 0) is 32.0 Å². The topological polar surface area (TPSA) is 116 Å². The van der Waals surface area contributed by atoms with Gasteiger partial charge in [0, 0.05) is 19.7 Å². The van der Waals surface area contributed by atoms with Gasteiger partial charge in [-0.05, 0) is 54.7 Å². The molecule has 5 rings (SSSR count). The Hall–Kier alpha value is -4.57. The van der Waals surface area contributed by atoms with Crippen molar-refractivity contribution in [3.8, 4) is 0 Å². The first-order valence-electron chi connectivity index (χ1n) is 13.7. The number of ether oxygens (including phenoxy) is 2. The van der Waals surface area contributed by atoms with Crippen LogP contribution in [0, 0.1) is 0 Å². The number of nitrogens with zero attached hydrogens (tertiary/aromatic N) is 4. The number of amides is 2. The molecule has 2 heterocycles. The third-order valence-electron chi connectivity index (χ3n) is 7.25. The van der Waals surface area contributed by atoms with E-state index in [-0.39, 0.29) is 31.0 Å². The minimum atomic E-state index is -0.950. The smallest absolute Gasteiger partial charge is 0.337 e. The lowest BCUT2D eigenvalue weighted by atomic mass is 10.0. The van der Waals surface area contributed by atoms with E-state index in [9.17, 15) is 14.4 Å². The van der Waals surface area contributed by atoms with Gasteiger partial charge in [0.1, 0.15) is 18.1 Å². The van der Waals surface area contributed by atoms with Crippen molar-refractivity contribution in [1.82, 2.24) is 25.2 Å². The maximum absolute atomic E-state index is 14.0. The third-order valence-corrected chi connectivity index (χ3v) is 7.25. The van der Waals surface area contributed by atoms with Crippen LogP contribution < -0.4 is 5.32 Å². The molecule has 4 aromatic rings. The summed E-state index contributed by atoms with van der Waals surface area (Å²) in [5.74, 6) is -1.09. The van der Waals surface area contributed by atoms with Crippen LogP contribution in [0.5, 0.6) is 0 Å². The molecule has 1 saturated heterocycles. The van der Waals surface area contributed by atoms with Gasteiger partial charge in [0.2, 0.25) is 11.8 Å². The zero-order chi connectivity index (χ0) is 28.6. The van der Waals surface area contributed by atoms with Crippen LogP contribution in [0.4, 0.5) is 0 Å². The van der Waals surface area contributed by atoms with Gasteiger partial charge in [-0.1, -0.05) is 59.8 Å². The number of esters is 1. The number of benzene rings is 3. The molecule has 212 valence electrons. The second-order valence-electron chi connectivity index (χ2n) is 9.95. The van der Waals surface area contributed by atoms with Crippen molar-refractivity contribution in [2.24, 2.45) is 0 Å². The molecule has 3 aromatic carbocycles. The summed E-state index contributed by atoms with van der Waals surface area (Å²) in [4.78, 5) is 41.5. The van der Waals surface area contributed by atoms with Gasteiger partial charge >= 0.3 is 5.97 Å². The highest BCUT2D eigenvalue weighted by Crippen LogP contribution is 2.25. The van der Waals surface area contributed by atoms with E-state index in [0.717, 1.165) is 23.9 Å². The molecule has 0 radical (unpaired) electrons. The van der Waals surface area contributed by atoms with Crippen LogP contribution in [0.15, 0.2) is 78.9 Å². The Kier molecular flexibility index (Phi) is 9.00. The molecule has 2 amide bonds. The van der Waals surface area contributed by atoms with Gasteiger partial charge in [0.25, 0.3) is 0 Å². The average molecular weight is 556 g/mol. The van der Waals surface area contributed by atoms with E-state index in [0.29, 0.717) is 36.2 Å². The summed E-state index contributed by atoms with van der Waals surface area (Å²) < 4.78 is 12.1. The molecule has 1 aliphatic heterocycles. The fourth-order valence-corrected chi connectivity index (χ4v) is 5.05. The van der Waals surface area contributed by atoms with Crippen LogP contribution in [-0.4, -0.2) is 70.6 Å². The maximum Gasteiger partial charge on any atom is 0.337 e. The molecule has 1 aliphatic rings. The lowest BCUT2D eigenvalue weighted by molar-refractivity contribution is -0.141. The summed E-state index contributed by atoms with van der Waals surface area (Å²) in [5.41, 5.74) is 3.38. The van der Waals surface area contributed by atoms with E-state index in [2.05, 4.69) is 15.6 Å². The Morgan fingerprint density at radius 1 is 1.05 bits per heavy atom. The van der Waals surface area contributed by atoms with E-state index in [1.807, 2.05) is 54.6 Å². The number of rotatable bonds is 11. The van der Waals surface area contributed by atoms with Crippen LogP contribution in [0.1, 0.15) is 40.4 Å². The molecule has 0 aliphatic carbocycles. The number of hydrogen-bond acceptors (Lipinski definition) is 7. The van der Waals surface area contributed by atoms with Crippen LogP contribution in [0.2, 0.25) is 0 Å². The summed E-state index contributed by atoms with van der Waals surface area (Å²) in [6.07, 6.45) is 2.30. The van der Waals surface area contributed by atoms with E-state index >= 15 is 0 Å². The zero-order valence-electron chi connectivity index (χ0n) is 22.9. The summed E-state index contributed by atoms with van der Waals surface area (Å²) in [6.45, 7) is 1.22. The fourth-order valence-electron chi connectivity index (χ4n) is 5.05. The Labute approximate surface area is 238 Å². The van der Waals surface area contributed by atoms with Crippen LogP contribution >= 0.6 is 0 Å². The first kappa shape index (κ1) is 28.0. The number of methoxy groups -OCH3 is 1. The predicted octanol–water partition coefficient (Wildman–Crippen LogP) is 3.33. The zero-order valence-corrected chi connectivity index (χ0v) is 22.9. The summed E-state index contributed by atoms with van der Waals surface area (Å²) in [5, 5.41) is 11.4. The lowest BCUT2D eigenvalue weighted by Gasteiger charge is -2.32. The van der Waals surface area contributed by atoms with Crippen molar-refractivity contribution in [1.29, 1.82) is 0 Å². The summed E-state index contributed by atoms with van der Waals surface area (Å²) in [6, 6.07) is 22.9. The van der Waals surface area contributed by atoms with Crippen molar-refractivity contribution >= 4 is 28.8 Å². The number of carbonyl (C=O) groups is 3. The SMILES string of the molecule is COC(=O)c1ccc([C@@H](C(=O)NC[C@H]2CCCO2)N(CCc2ccccc2)C(=O)Cn2nnc3ccccc32)cc1. The van der Waals surface area contributed by atoms with Crippen molar-refractivity contribution < 1.29 is 23.9 Å². The molecule has 1 N–H and O–H groups in total. The fraction of sp³-hybridized carbons (Fsp3) is 0.323. The molecule has 10 heteroatoms. The van der Waals surface area contributed by atoms with E-state index < -0.39 is 12.0 Å². The van der Waals surface area contributed by atoms with Gasteiger partial charge in [-0.3, -0.25) is 9.59 Å². The van der Waals surface area contributed by atoms with Gasteiger partial charge in [-0.25, -0.2) is 9.48 Å². The van der Waals surface area contributed by atoms with Crippen molar-refractivity contribution in [3.05, 3.63) is 95.6 Å². The Balaban J connectivity index is 1.47. The Bertz CT molecular complexity index is 1480. The Morgan fingerprint density at radius 2 is 1.80 bits per heavy atom. The molecule has 2 atom stereocenters. The van der Waals surface area contributed by atoms with Crippen LogP contribution in [0.25, 0.3) is 11.0 Å². The summed E-state index contributed by atoms with van der Waals surface area (Å²) in [7, 11) is 1.31. The molecule has 1 fully saturated rings. The number of para-hydroxylation sites is 1. The van der Waals surface area contributed by atoms with Gasteiger partial charge in [0.15, 0.2) is 0 Å². The molecule has 10 nitrogen and oxygen atoms in total. The van der Waals surface area contributed by atoms with Crippen molar-refractivity contribution in [2.45, 2.75) is 38.0 Å². The molecule has 1 aromatic heterocycles. The van der Waals surface area contributed by atoms with Crippen molar-refractivity contribution in [2.75, 3.05) is 26.8 Å². The summed E-state index contributed by atoms with van der Waals surface area (Å²) >= 11 is 0. The minimum absolute atomic E-state index is 0.0590. The van der Waals surface area contributed by atoms with Crippen molar-refractivity contribution in [3.63, 3.8) is 0 Å². The number of hydrogen-bond donors (Lipinski definition) is 1. The predicted molar refractivity (Wildman–Crippen MR) is 152 cm³/mol. The number of carbonyl (C=O) groups excluding carboxylic acids is 3. The third kappa shape index (κ3) is 6.78. The largest absolute Gasteiger partial charge is 0.465 e. The number of fused-ring (bicyclic) bond motifs is 1. The molecule has 0 saturated carbocycles. The highest BCUT2D eigenvalue weighted by molar-refractivity contribution is 5.91. The molecular weight excluding hydrogens is 522 g/mol. The number of aromatic nitrogens is 3. The maximum atomic E-state index is 14.0. The minimum Gasteiger partial charge on any atom is -0.465 e. The first-order chi connectivity index (χ1) is 20.0. The highest BCUT2D eigenvalue weighted by atomic mass is 16.5. The van der Waals surface area contributed by atoms with E-state index in [1.165, 1.54) is 7.11 Å². The number of nitrogens with one attached hydrogen (secondary N) is 1. The van der Waals surface area contributed by atoms with Gasteiger partial charge < -0.3 is 19.7 Å². The van der Waals surface area contributed by atoms with E-state index in [1.54, 1.807) is 33.8 Å². The molecule has 41 heavy (non-hydrogen) atoms. The van der Waals surface area contributed by atoms with Gasteiger partial charge in [-0.2, -0.15) is 0 Å². The second-order valence-corrected chi connectivity index (χ2v) is 9.95.